The minimum atomic E-state index is -0.590. The third-order valence-electron chi connectivity index (χ3n) is 1.45. The first-order valence-corrected chi connectivity index (χ1v) is 4.20. The van der Waals surface area contributed by atoms with Gasteiger partial charge in [-0.15, -0.1) is 0 Å². The summed E-state index contributed by atoms with van der Waals surface area (Å²) >= 11 is 11.4. The first-order valence-electron chi connectivity index (χ1n) is 3.44. The highest BCUT2D eigenvalue weighted by molar-refractivity contribution is 6.35. The highest BCUT2D eigenvalue weighted by Gasteiger charge is 2.13. The first-order chi connectivity index (χ1) is 6.02. The van der Waals surface area contributed by atoms with Crippen LogP contribution in [0.1, 0.15) is 10.4 Å². The van der Waals surface area contributed by atoms with Crippen LogP contribution in [0.4, 0.5) is 0 Å². The Bertz CT molecular complexity index is 339. The van der Waals surface area contributed by atoms with Crippen molar-refractivity contribution in [3.8, 4) is 0 Å². The first kappa shape index (κ1) is 10.3. The Labute approximate surface area is 85.4 Å². The summed E-state index contributed by atoms with van der Waals surface area (Å²) in [4.78, 5) is 11.3. The third-order valence-corrected chi connectivity index (χ3v) is 2.02. The number of amides is 1. The van der Waals surface area contributed by atoms with Crippen molar-refractivity contribution in [1.82, 2.24) is 5.06 Å². The summed E-state index contributed by atoms with van der Waals surface area (Å²) in [7, 11) is 1.22. The van der Waals surface area contributed by atoms with Gasteiger partial charge in [0.15, 0.2) is 0 Å². The van der Waals surface area contributed by atoms with Crippen LogP contribution in [-0.4, -0.2) is 23.2 Å². The summed E-state index contributed by atoms with van der Waals surface area (Å²) in [5.74, 6) is -0.590. The van der Waals surface area contributed by atoms with E-state index in [0.717, 1.165) is 0 Å². The third kappa shape index (κ3) is 2.34. The van der Waals surface area contributed by atoms with Crippen molar-refractivity contribution in [1.29, 1.82) is 0 Å². The lowest BCUT2D eigenvalue weighted by Crippen LogP contribution is -2.22. The Morgan fingerprint density at radius 3 is 2.62 bits per heavy atom. The van der Waals surface area contributed by atoms with Crippen LogP contribution in [0.3, 0.4) is 0 Å². The van der Waals surface area contributed by atoms with E-state index in [9.17, 15) is 4.79 Å². The van der Waals surface area contributed by atoms with Crippen molar-refractivity contribution in [3.05, 3.63) is 33.8 Å². The van der Waals surface area contributed by atoms with Gasteiger partial charge in [-0.05, 0) is 18.2 Å². The number of nitrogens with zero attached hydrogens (tertiary/aromatic N) is 1. The molecule has 0 spiro atoms. The van der Waals surface area contributed by atoms with Crippen molar-refractivity contribution in [2.45, 2.75) is 0 Å². The van der Waals surface area contributed by atoms with Crippen molar-refractivity contribution in [2.24, 2.45) is 0 Å². The number of carbonyl (C=O) groups excluding carboxylic acids is 1. The Balaban J connectivity index is 3.13. The van der Waals surface area contributed by atoms with Crippen LogP contribution < -0.4 is 0 Å². The lowest BCUT2D eigenvalue weighted by atomic mass is 10.2. The molecule has 1 amide bonds. The maximum Gasteiger partial charge on any atom is 0.278 e. The molecular weight excluding hydrogens is 213 g/mol. The van der Waals surface area contributed by atoms with E-state index in [0.29, 0.717) is 10.1 Å². The number of carbonyl (C=O) groups is 1. The van der Waals surface area contributed by atoms with Gasteiger partial charge in [0.2, 0.25) is 0 Å². The second kappa shape index (κ2) is 3.96. The molecule has 0 bridgehead atoms. The van der Waals surface area contributed by atoms with Gasteiger partial charge in [-0.25, -0.2) is 5.06 Å². The van der Waals surface area contributed by atoms with Gasteiger partial charge >= 0.3 is 0 Å². The predicted octanol–water partition coefficient (Wildman–Crippen LogP) is 2.45. The fourth-order valence-corrected chi connectivity index (χ4v) is 1.21. The quantitative estimate of drug-likeness (QED) is 0.583. The van der Waals surface area contributed by atoms with Gasteiger partial charge in [-0.1, -0.05) is 23.2 Å². The Morgan fingerprint density at radius 1 is 1.46 bits per heavy atom. The van der Waals surface area contributed by atoms with Gasteiger partial charge in [0.25, 0.3) is 5.91 Å². The second-order valence-electron chi connectivity index (χ2n) is 2.45. The van der Waals surface area contributed by atoms with Crippen LogP contribution in [0.5, 0.6) is 0 Å². The number of rotatable bonds is 1. The summed E-state index contributed by atoms with van der Waals surface area (Å²) in [5.41, 5.74) is 0.180. The zero-order chi connectivity index (χ0) is 10.0. The normalized spacial score (nSPS) is 9.85. The molecule has 13 heavy (non-hydrogen) atoms. The van der Waals surface area contributed by atoms with Crippen LogP contribution >= 0.6 is 23.2 Å². The van der Waals surface area contributed by atoms with E-state index in [4.69, 9.17) is 28.4 Å². The SMILES string of the molecule is CN(O)C(=O)c1cc(Cl)ccc1Cl. The molecule has 1 aromatic carbocycles. The molecule has 3 nitrogen and oxygen atoms in total. The average Bonchev–Trinajstić information content (AvgIpc) is 2.08. The predicted molar refractivity (Wildman–Crippen MR) is 50.3 cm³/mol. The fraction of sp³-hybridized carbons (Fsp3) is 0.125. The topological polar surface area (TPSA) is 40.5 Å². The van der Waals surface area contributed by atoms with Gasteiger partial charge in [0.05, 0.1) is 10.6 Å². The Hall–Kier alpha value is -0.770. The maximum atomic E-state index is 11.3. The minimum Gasteiger partial charge on any atom is -0.286 e. The van der Waals surface area contributed by atoms with Gasteiger partial charge in [0, 0.05) is 12.1 Å². The summed E-state index contributed by atoms with van der Waals surface area (Å²) in [5, 5.41) is 9.98. The van der Waals surface area contributed by atoms with E-state index < -0.39 is 5.91 Å². The van der Waals surface area contributed by atoms with Crippen molar-refractivity contribution < 1.29 is 10.0 Å². The highest BCUT2D eigenvalue weighted by Crippen LogP contribution is 2.21. The largest absolute Gasteiger partial charge is 0.286 e. The number of hydrogen-bond acceptors (Lipinski definition) is 2. The number of hydrogen-bond donors (Lipinski definition) is 1. The zero-order valence-electron chi connectivity index (χ0n) is 6.79. The molecule has 0 aliphatic heterocycles. The molecule has 5 heteroatoms. The molecule has 0 aromatic heterocycles. The smallest absolute Gasteiger partial charge is 0.278 e. The molecule has 70 valence electrons. The second-order valence-corrected chi connectivity index (χ2v) is 3.30. The summed E-state index contributed by atoms with van der Waals surface area (Å²) < 4.78 is 0. The van der Waals surface area contributed by atoms with Crippen molar-refractivity contribution in [2.75, 3.05) is 7.05 Å². The van der Waals surface area contributed by atoms with Gasteiger partial charge in [0.1, 0.15) is 0 Å². The van der Waals surface area contributed by atoms with Crippen LogP contribution in [-0.2, 0) is 0 Å². The zero-order valence-corrected chi connectivity index (χ0v) is 8.30. The number of halogens is 2. The molecule has 0 saturated carbocycles. The summed E-state index contributed by atoms with van der Waals surface area (Å²) in [6, 6.07) is 4.47. The van der Waals surface area contributed by atoms with E-state index in [1.807, 2.05) is 0 Å². The lowest BCUT2D eigenvalue weighted by Gasteiger charge is -2.09. The average molecular weight is 220 g/mol. The minimum absolute atomic E-state index is 0.180. The highest BCUT2D eigenvalue weighted by atomic mass is 35.5. The molecule has 0 saturated heterocycles. The number of benzene rings is 1. The molecule has 0 atom stereocenters. The Kier molecular flexibility index (Phi) is 3.14. The number of hydroxylamine groups is 2. The molecule has 0 unspecified atom stereocenters. The maximum absolute atomic E-state index is 11.3. The molecule has 1 rings (SSSR count). The van der Waals surface area contributed by atoms with Gasteiger partial charge in [-0.3, -0.25) is 10.0 Å². The van der Waals surface area contributed by atoms with E-state index in [-0.39, 0.29) is 10.6 Å². The molecule has 1 N–H and O–H groups in total. The van der Waals surface area contributed by atoms with Crippen molar-refractivity contribution >= 4 is 29.1 Å². The molecular formula is C8H7Cl2NO2. The van der Waals surface area contributed by atoms with E-state index in [2.05, 4.69) is 0 Å². The standard InChI is InChI=1S/C8H7Cl2NO2/c1-11(13)8(12)6-4-5(9)2-3-7(6)10/h2-4,13H,1H3. The Morgan fingerprint density at radius 2 is 2.08 bits per heavy atom. The fourth-order valence-electron chi connectivity index (χ4n) is 0.836. The molecule has 0 aliphatic rings. The van der Waals surface area contributed by atoms with Crippen LogP contribution in [0.15, 0.2) is 18.2 Å². The summed E-state index contributed by atoms with van der Waals surface area (Å²) in [6.07, 6.45) is 0. The van der Waals surface area contributed by atoms with E-state index >= 15 is 0 Å². The van der Waals surface area contributed by atoms with Crippen LogP contribution in [0, 0.1) is 0 Å². The van der Waals surface area contributed by atoms with Gasteiger partial charge < -0.3 is 0 Å². The van der Waals surface area contributed by atoms with Crippen LogP contribution in [0.2, 0.25) is 10.0 Å². The lowest BCUT2D eigenvalue weighted by molar-refractivity contribution is -0.0374. The van der Waals surface area contributed by atoms with Crippen molar-refractivity contribution in [3.63, 3.8) is 0 Å². The van der Waals surface area contributed by atoms with E-state index in [1.165, 1.54) is 19.2 Å². The van der Waals surface area contributed by atoms with E-state index in [1.54, 1.807) is 6.07 Å². The molecule has 1 aromatic rings. The van der Waals surface area contributed by atoms with Gasteiger partial charge in [-0.2, -0.15) is 0 Å². The molecule has 0 radical (unpaired) electrons. The molecule has 0 aliphatic carbocycles. The van der Waals surface area contributed by atoms with Crippen LogP contribution in [0.25, 0.3) is 0 Å². The monoisotopic (exact) mass is 219 g/mol. The molecule has 0 fully saturated rings. The summed E-state index contributed by atoms with van der Waals surface area (Å²) in [6.45, 7) is 0. The molecule has 0 heterocycles.